The van der Waals surface area contributed by atoms with Crippen molar-refractivity contribution in [2.45, 2.75) is 40.0 Å². The highest BCUT2D eigenvalue weighted by molar-refractivity contribution is 6.05. The van der Waals surface area contributed by atoms with Crippen LogP contribution in [0.5, 0.6) is 0 Å². The van der Waals surface area contributed by atoms with Crippen LogP contribution >= 0.6 is 0 Å². The second kappa shape index (κ2) is 7.90. The van der Waals surface area contributed by atoms with E-state index in [1.54, 1.807) is 60.0 Å². The summed E-state index contributed by atoms with van der Waals surface area (Å²) in [6, 6.07) is 5.09. The Kier molecular flexibility index (Phi) is 5.39. The number of amides is 1. The van der Waals surface area contributed by atoms with Crippen LogP contribution in [0.4, 0.5) is 5.69 Å². The van der Waals surface area contributed by atoms with Crippen LogP contribution in [0.1, 0.15) is 47.6 Å². The first-order valence-electron chi connectivity index (χ1n) is 8.62. The highest BCUT2D eigenvalue weighted by Crippen LogP contribution is 2.18. The van der Waals surface area contributed by atoms with E-state index in [0.717, 1.165) is 0 Å². The van der Waals surface area contributed by atoms with Crippen molar-refractivity contribution in [1.29, 1.82) is 0 Å². The van der Waals surface area contributed by atoms with Gasteiger partial charge in [0.05, 0.1) is 18.3 Å². The minimum atomic E-state index is -0.591. The number of anilines is 1. The fourth-order valence-corrected chi connectivity index (χ4v) is 2.42. The molecule has 0 aliphatic heterocycles. The van der Waals surface area contributed by atoms with Gasteiger partial charge in [0.15, 0.2) is 11.5 Å². The predicted molar refractivity (Wildman–Crippen MR) is 96.4 cm³/mol. The van der Waals surface area contributed by atoms with Crippen molar-refractivity contribution in [3.8, 4) is 0 Å². The summed E-state index contributed by atoms with van der Waals surface area (Å²) in [5, 5.41) is 10.9. The van der Waals surface area contributed by atoms with E-state index in [0.29, 0.717) is 18.8 Å². The summed E-state index contributed by atoms with van der Waals surface area (Å²) in [4.78, 5) is 24.7. The van der Waals surface area contributed by atoms with E-state index in [1.165, 1.54) is 0 Å². The largest absolute Gasteiger partial charge is 0.458 e. The van der Waals surface area contributed by atoms with Crippen molar-refractivity contribution >= 4 is 17.6 Å². The molecule has 0 unspecified atom stereocenters. The molecular weight excluding hydrogens is 350 g/mol. The zero-order valence-electron chi connectivity index (χ0n) is 15.4. The zero-order chi connectivity index (χ0) is 19.4. The standard InChI is InChI=1S/C18H21N5O4/c1-4-22-11-14(16(21-22)18(25)26-12(2)3)20-17(24)15-7-6-13(27-15)10-23-9-5-8-19-23/h5-9,11-12H,4,10H2,1-3H3,(H,20,24). The third-order valence-electron chi connectivity index (χ3n) is 3.63. The van der Waals surface area contributed by atoms with Gasteiger partial charge in [-0.25, -0.2) is 4.79 Å². The van der Waals surface area contributed by atoms with E-state index >= 15 is 0 Å². The Bertz CT molecular complexity index is 924. The molecule has 0 atom stereocenters. The van der Waals surface area contributed by atoms with Gasteiger partial charge in [0.2, 0.25) is 0 Å². The summed E-state index contributed by atoms with van der Waals surface area (Å²) in [5.74, 6) is -0.348. The highest BCUT2D eigenvalue weighted by atomic mass is 16.5. The lowest BCUT2D eigenvalue weighted by molar-refractivity contribution is 0.0371. The molecule has 0 aromatic carbocycles. The molecule has 0 radical (unpaired) electrons. The van der Waals surface area contributed by atoms with E-state index in [2.05, 4.69) is 15.5 Å². The van der Waals surface area contributed by atoms with Gasteiger partial charge in [0.25, 0.3) is 5.91 Å². The van der Waals surface area contributed by atoms with Crippen molar-refractivity contribution in [3.63, 3.8) is 0 Å². The van der Waals surface area contributed by atoms with Crippen LogP contribution in [0.2, 0.25) is 0 Å². The number of carbonyl (C=O) groups excluding carboxylic acids is 2. The lowest BCUT2D eigenvalue weighted by Gasteiger charge is -2.07. The van der Waals surface area contributed by atoms with E-state index in [4.69, 9.17) is 9.15 Å². The number of ether oxygens (including phenoxy) is 1. The monoisotopic (exact) mass is 371 g/mol. The molecule has 9 heteroatoms. The molecule has 0 bridgehead atoms. The van der Waals surface area contributed by atoms with Gasteiger partial charge < -0.3 is 14.5 Å². The van der Waals surface area contributed by atoms with Crippen LogP contribution in [0, 0.1) is 0 Å². The number of furan rings is 1. The molecule has 1 N–H and O–H groups in total. The van der Waals surface area contributed by atoms with E-state index in [-0.39, 0.29) is 23.2 Å². The molecule has 0 aliphatic carbocycles. The number of hydrogen-bond acceptors (Lipinski definition) is 6. The van der Waals surface area contributed by atoms with E-state index in [9.17, 15) is 9.59 Å². The summed E-state index contributed by atoms with van der Waals surface area (Å²) >= 11 is 0. The van der Waals surface area contributed by atoms with Gasteiger partial charge in [-0.2, -0.15) is 10.2 Å². The second-order valence-corrected chi connectivity index (χ2v) is 6.12. The first-order chi connectivity index (χ1) is 13.0. The van der Waals surface area contributed by atoms with Crippen LogP contribution in [0.15, 0.2) is 41.2 Å². The molecule has 3 heterocycles. The predicted octanol–water partition coefficient (Wildman–Crippen LogP) is 2.56. The molecule has 1 amide bonds. The summed E-state index contributed by atoms with van der Waals surface area (Å²) in [6.45, 7) is 6.34. The highest BCUT2D eigenvalue weighted by Gasteiger charge is 2.22. The number of nitrogens with one attached hydrogen (secondary N) is 1. The molecule has 3 rings (SSSR count). The average molecular weight is 371 g/mol. The van der Waals surface area contributed by atoms with Gasteiger partial charge in [-0.3, -0.25) is 14.2 Å². The summed E-state index contributed by atoms with van der Waals surface area (Å²) in [5.41, 5.74) is 0.333. The molecule has 0 spiro atoms. The molecule has 0 aliphatic rings. The fourth-order valence-electron chi connectivity index (χ4n) is 2.42. The van der Waals surface area contributed by atoms with Gasteiger partial charge >= 0.3 is 5.97 Å². The Morgan fingerprint density at radius 2 is 2.11 bits per heavy atom. The van der Waals surface area contributed by atoms with Crippen molar-refractivity contribution in [1.82, 2.24) is 19.6 Å². The maximum Gasteiger partial charge on any atom is 0.361 e. The molecule has 3 aromatic heterocycles. The van der Waals surface area contributed by atoms with Crippen LogP contribution in [-0.2, 0) is 17.8 Å². The molecule has 9 nitrogen and oxygen atoms in total. The van der Waals surface area contributed by atoms with Gasteiger partial charge in [-0.05, 0) is 39.0 Å². The SMILES string of the molecule is CCn1cc(NC(=O)c2ccc(Cn3cccn3)o2)c(C(=O)OC(C)C)n1. The van der Waals surface area contributed by atoms with E-state index < -0.39 is 11.9 Å². The smallest absolute Gasteiger partial charge is 0.361 e. The molecule has 3 aromatic rings. The lowest BCUT2D eigenvalue weighted by atomic mass is 10.3. The Hall–Kier alpha value is -3.36. The number of carbonyl (C=O) groups is 2. The maximum atomic E-state index is 12.5. The van der Waals surface area contributed by atoms with Crippen molar-refractivity contribution in [2.24, 2.45) is 0 Å². The number of nitrogens with zero attached hydrogens (tertiary/aromatic N) is 4. The summed E-state index contributed by atoms with van der Waals surface area (Å²) in [6.07, 6.45) is 4.76. The third-order valence-corrected chi connectivity index (χ3v) is 3.63. The number of rotatable bonds is 7. The van der Waals surface area contributed by atoms with Crippen LogP contribution in [-0.4, -0.2) is 37.5 Å². The summed E-state index contributed by atoms with van der Waals surface area (Å²) in [7, 11) is 0. The van der Waals surface area contributed by atoms with Crippen molar-refractivity contribution in [3.05, 3.63) is 54.0 Å². The van der Waals surface area contributed by atoms with Crippen LogP contribution in [0.3, 0.4) is 0 Å². The van der Waals surface area contributed by atoms with E-state index in [1.807, 2.05) is 6.92 Å². The molecule has 0 fully saturated rings. The van der Waals surface area contributed by atoms with Crippen LogP contribution < -0.4 is 5.32 Å². The molecule has 0 saturated heterocycles. The minimum Gasteiger partial charge on any atom is -0.458 e. The molecule has 27 heavy (non-hydrogen) atoms. The number of aromatic nitrogens is 4. The normalized spacial score (nSPS) is 11.0. The Labute approximate surface area is 155 Å². The zero-order valence-corrected chi connectivity index (χ0v) is 15.4. The van der Waals surface area contributed by atoms with Gasteiger partial charge in [0, 0.05) is 25.1 Å². The molecular formula is C18H21N5O4. The van der Waals surface area contributed by atoms with Crippen molar-refractivity contribution < 1.29 is 18.7 Å². The molecule has 142 valence electrons. The minimum absolute atomic E-state index is 0.0576. The third kappa shape index (κ3) is 4.43. The first-order valence-corrected chi connectivity index (χ1v) is 8.62. The second-order valence-electron chi connectivity index (χ2n) is 6.12. The average Bonchev–Trinajstić information content (AvgIpc) is 3.35. The van der Waals surface area contributed by atoms with Gasteiger partial charge in [0.1, 0.15) is 5.76 Å². The summed E-state index contributed by atoms with van der Waals surface area (Å²) < 4.78 is 14.0. The van der Waals surface area contributed by atoms with Gasteiger partial charge in [-0.1, -0.05) is 0 Å². The number of aryl methyl sites for hydroxylation is 1. The maximum absolute atomic E-state index is 12.5. The Balaban J connectivity index is 1.74. The van der Waals surface area contributed by atoms with Gasteiger partial charge in [-0.15, -0.1) is 0 Å². The molecule has 0 saturated carbocycles. The van der Waals surface area contributed by atoms with Crippen LogP contribution in [0.25, 0.3) is 0 Å². The van der Waals surface area contributed by atoms with Crippen molar-refractivity contribution in [2.75, 3.05) is 5.32 Å². The number of hydrogen-bond donors (Lipinski definition) is 1. The fraction of sp³-hybridized carbons (Fsp3) is 0.333. The Morgan fingerprint density at radius 1 is 1.30 bits per heavy atom. The topological polar surface area (TPSA) is 104 Å². The lowest BCUT2D eigenvalue weighted by Crippen LogP contribution is -2.17. The first kappa shape index (κ1) is 18.4. The Morgan fingerprint density at radius 3 is 2.78 bits per heavy atom. The number of esters is 1. The quantitative estimate of drug-likeness (QED) is 0.640.